The Morgan fingerprint density at radius 1 is 1.06 bits per heavy atom. The van der Waals surface area contributed by atoms with E-state index in [2.05, 4.69) is 0 Å². The van der Waals surface area contributed by atoms with Gasteiger partial charge in [0.05, 0.1) is 0 Å². The third-order valence-corrected chi connectivity index (χ3v) is 2.90. The van der Waals surface area contributed by atoms with Gasteiger partial charge in [0.15, 0.2) is 0 Å². The molecule has 0 spiro atoms. The molecule has 0 atom stereocenters. The molecule has 0 aromatic heterocycles. The van der Waals surface area contributed by atoms with E-state index < -0.39 is 0 Å². The highest BCUT2D eigenvalue weighted by molar-refractivity contribution is 6.06. The number of benzene rings is 2. The maximum absolute atomic E-state index is 12.4. The van der Waals surface area contributed by atoms with Gasteiger partial charge in [-0.15, -0.1) is 0 Å². The Hall–Kier alpha value is -2.09. The molecule has 0 N–H and O–H groups in total. The molecule has 0 heterocycles. The minimum atomic E-state index is 0.0451. The number of aryl methyl sites for hydroxylation is 1. The highest BCUT2D eigenvalue weighted by Crippen LogP contribution is 2.18. The van der Waals surface area contributed by atoms with Crippen LogP contribution in [0.4, 0.5) is 5.69 Å². The van der Waals surface area contributed by atoms with Gasteiger partial charge in [-0.05, 0) is 43.7 Å². The second kappa shape index (κ2) is 5.50. The van der Waals surface area contributed by atoms with E-state index in [4.69, 9.17) is 0 Å². The van der Waals surface area contributed by atoms with Crippen molar-refractivity contribution in [3.63, 3.8) is 0 Å². The summed E-state index contributed by atoms with van der Waals surface area (Å²) in [7, 11) is 0. The molecule has 0 bridgehead atoms. The average Bonchev–Trinajstić information content (AvgIpc) is 2.40. The minimum Gasteiger partial charge on any atom is -0.309 e. The van der Waals surface area contributed by atoms with Gasteiger partial charge in [0.25, 0.3) is 5.91 Å². The fourth-order valence-electron chi connectivity index (χ4n) is 1.98. The molecule has 2 nitrogen and oxygen atoms in total. The summed E-state index contributed by atoms with van der Waals surface area (Å²) in [5.74, 6) is 0.0451. The van der Waals surface area contributed by atoms with Crippen molar-refractivity contribution in [1.29, 1.82) is 0 Å². The zero-order valence-corrected chi connectivity index (χ0v) is 10.8. The quantitative estimate of drug-likeness (QED) is 0.800. The van der Waals surface area contributed by atoms with Gasteiger partial charge in [0.1, 0.15) is 0 Å². The summed E-state index contributed by atoms with van der Waals surface area (Å²) >= 11 is 0. The summed E-state index contributed by atoms with van der Waals surface area (Å²) in [5, 5.41) is 0. The Bertz CT molecular complexity index is 534. The fraction of sp³-hybridized carbons (Fsp3) is 0.188. The van der Waals surface area contributed by atoms with Crippen LogP contribution in [-0.4, -0.2) is 12.5 Å². The van der Waals surface area contributed by atoms with E-state index in [1.807, 2.05) is 68.4 Å². The number of anilines is 1. The van der Waals surface area contributed by atoms with Crippen LogP contribution < -0.4 is 4.90 Å². The standard InChI is InChI=1S/C16H17NO/c1-3-17(15-11-7-8-13(2)12-15)16(18)14-9-5-4-6-10-14/h4-12H,3H2,1-2H3. The van der Waals surface area contributed by atoms with Gasteiger partial charge in [0.2, 0.25) is 0 Å². The van der Waals surface area contributed by atoms with E-state index in [1.165, 1.54) is 0 Å². The van der Waals surface area contributed by atoms with Gasteiger partial charge in [0, 0.05) is 17.8 Å². The second-order valence-corrected chi connectivity index (χ2v) is 4.25. The lowest BCUT2D eigenvalue weighted by Gasteiger charge is -2.21. The molecule has 2 heteroatoms. The largest absolute Gasteiger partial charge is 0.309 e. The molecule has 0 saturated heterocycles. The van der Waals surface area contributed by atoms with Crippen molar-refractivity contribution >= 4 is 11.6 Å². The average molecular weight is 239 g/mol. The van der Waals surface area contributed by atoms with E-state index >= 15 is 0 Å². The lowest BCUT2D eigenvalue weighted by molar-refractivity contribution is 0.0988. The molecule has 2 rings (SSSR count). The predicted octanol–water partition coefficient (Wildman–Crippen LogP) is 3.66. The summed E-state index contributed by atoms with van der Waals surface area (Å²) in [5.41, 5.74) is 2.83. The number of rotatable bonds is 3. The molecule has 0 aliphatic rings. The summed E-state index contributed by atoms with van der Waals surface area (Å²) in [4.78, 5) is 14.2. The van der Waals surface area contributed by atoms with Crippen LogP contribution in [0.15, 0.2) is 54.6 Å². The highest BCUT2D eigenvalue weighted by Gasteiger charge is 2.15. The van der Waals surface area contributed by atoms with Crippen LogP contribution >= 0.6 is 0 Å². The third kappa shape index (κ3) is 2.59. The topological polar surface area (TPSA) is 20.3 Å². The first kappa shape index (κ1) is 12.4. The molecule has 0 saturated carbocycles. The molecule has 18 heavy (non-hydrogen) atoms. The lowest BCUT2D eigenvalue weighted by atomic mass is 10.1. The van der Waals surface area contributed by atoms with Crippen LogP contribution in [0, 0.1) is 6.92 Å². The zero-order chi connectivity index (χ0) is 13.0. The number of hydrogen-bond donors (Lipinski definition) is 0. The Labute approximate surface area is 108 Å². The van der Waals surface area contributed by atoms with E-state index in [9.17, 15) is 4.79 Å². The van der Waals surface area contributed by atoms with Crippen LogP contribution in [-0.2, 0) is 0 Å². The van der Waals surface area contributed by atoms with Gasteiger partial charge in [-0.2, -0.15) is 0 Å². The lowest BCUT2D eigenvalue weighted by Crippen LogP contribution is -2.30. The van der Waals surface area contributed by atoms with Crippen molar-refractivity contribution in [2.24, 2.45) is 0 Å². The van der Waals surface area contributed by atoms with Gasteiger partial charge < -0.3 is 4.90 Å². The minimum absolute atomic E-state index is 0.0451. The number of carbonyl (C=O) groups is 1. The Morgan fingerprint density at radius 2 is 1.78 bits per heavy atom. The summed E-state index contributed by atoms with van der Waals surface area (Å²) in [6, 6.07) is 17.4. The Kier molecular flexibility index (Phi) is 3.78. The Morgan fingerprint density at radius 3 is 2.39 bits per heavy atom. The number of carbonyl (C=O) groups excluding carboxylic acids is 1. The molecular weight excluding hydrogens is 222 g/mol. The van der Waals surface area contributed by atoms with E-state index in [1.54, 1.807) is 4.90 Å². The molecule has 2 aromatic rings. The fourth-order valence-corrected chi connectivity index (χ4v) is 1.98. The van der Waals surface area contributed by atoms with Crippen molar-refractivity contribution in [2.75, 3.05) is 11.4 Å². The van der Waals surface area contributed by atoms with Crippen LogP contribution in [0.1, 0.15) is 22.8 Å². The molecule has 0 aliphatic heterocycles. The smallest absolute Gasteiger partial charge is 0.258 e. The normalized spacial score (nSPS) is 10.1. The first-order chi connectivity index (χ1) is 8.72. The summed E-state index contributed by atoms with van der Waals surface area (Å²) in [6.07, 6.45) is 0. The molecule has 0 fully saturated rings. The van der Waals surface area contributed by atoms with Gasteiger partial charge in [-0.1, -0.05) is 30.3 Å². The maximum Gasteiger partial charge on any atom is 0.258 e. The summed E-state index contributed by atoms with van der Waals surface area (Å²) < 4.78 is 0. The van der Waals surface area contributed by atoms with Crippen LogP contribution in [0.2, 0.25) is 0 Å². The number of nitrogens with zero attached hydrogens (tertiary/aromatic N) is 1. The number of amides is 1. The summed E-state index contributed by atoms with van der Waals surface area (Å²) in [6.45, 7) is 4.69. The molecular formula is C16H17NO. The molecule has 92 valence electrons. The van der Waals surface area contributed by atoms with Gasteiger partial charge in [-0.25, -0.2) is 0 Å². The van der Waals surface area contributed by atoms with Crippen molar-refractivity contribution in [3.05, 3.63) is 65.7 Å². The van der Waals surface area contributed by atoms with Crippen LogP contribution in [0.25, 0.3) is 0 Å². The highest BCUT2D eigenvalue weighted by atomic mass is 16.2. The number of hydrogen-bond acceptors (Lipinski definition) is 1. The first-order valence-electron chi connectivity index (χ1n) is 6.16. The van der Waals surface area contributed by atoms with Crippen LogP contribution in [0.3, 0.4) is 0 Å². The zero-order valence-electron chi connectivity index (χ0n) is 10.8. The van der Waals surface area contributed by atoms with E-state index in [0.717, 1.165) is 16.8 Å². The van der Waals surface area contributed by atoms with E-state index in [0.29, 0.717) is 6.54 Å². The van der Waals surface area contributed by atoms with E-state index in [-0.39, 0.29) is 5.91 Å². The van der Waals surface area contributed by atoms with Gasteiger partial charge in [-0.3, -0.25) is 4.79 Å². The first-order valence-corrected chi connectivity index (χ1v) is 6.16. The molecule has 2 aromatic carbocycles. The van der Waals surface area contributed by atoms with Crippen LogP contribution in [0.5, 0.6) is 0 Å². The van der Waals surface area contributed by atoms with Gasteiger partial charge >= 0.3 is 0 Å². The van der Waals surface area contributed by atoms with Crippen molar-refractivity contribution < 1.29 is 4.79 Å². The SMILES string of the molecule is CCN(C(=O)c1ccccc1)c1cccc(C)c1. The van der Waals surface area contributed by atoms with Crippen molar-refractivity contribution in [2.45, 2.75) is 13.8 Å². The maximum atomic E-state index is 12.4. The predicted molar refractivity (Wildman–Crippen MR) is 75.0 cm³/mol. The molecule has 1 amide bonds. The molecule has 0 aliphatic carbocycles. The molecule has 0 radical (unpaired) electrons. The van der Waals surface area contributed by atoms with Crippen molar-refractivity contribution in [3.8, 4) is 0 Å². The third-order valence-electron chi connectivity index (χ3n) is 2.90. The van der Waals surface area contributed by atoms with Crippen molar-refractivity contribution in [1.82, 2.24) is 0 Å². The molecule has 0 unspecified atom stereocenters. The monoisotopic (exact) mass is 239 g/mol. The Balaban J connectivity index is 2.32. The second-order valence-electron chi connectivity index (χ2n) is 4.25.